The molecular weight excluding hydrogens is 913 g/mol. The smallest absolute Gasteiger partial charge is 0.340 e. The van der Waals surface area contributed by atoms with Crippen molar-refractivity contribution < 1.29 is 30.0 Å². The summed E-state index contributed by atoms with van der Waals surface area (Å²) in [5, 5.41) is 41.8. The number of carboxylic acid groups (broad SMARTS) is 2. The van der Waals surface area contributed by atoms with Crippen LogP contribution in [0.25, 0.3) is 111 Å². The molecule has 11 aromatic carbocycles. The summed E-state index contributed by atoms with van der Waals surface area (Å²) < 4.78 is 0. The second-order valence-corrected chi connectivity index (χ2v) is 17.9. The van der Waals surface area contributed by atoms with Crippen molar-refractivity contribution in [1.82, 2.24) is 0 Å². The van der Waals surface area contributed by atoms with Crippen LogP contribution in [0.5, 0.6) is 11.5 Å². The fraction of sp³-hybridized carbons (Fsp3) is 0. The van der Waals surface area contributed by atoms with Gasteiger partial charge in [-0.15, -0.1) is 0 Å². The lowest BCUT2D eigenvalue weighted by atomic mass is 9.82. The molecule has 0 spiro atoms. The molecule has 11 aromatic rings. The maximum Gasteiger partial charge on any atom is 0.340 e. The Bertz CT molecular complexity index is 3950. The van der Waals surface area contributed by atoms with Crippen LogP contribution in [0.4, 0.5) is 0 Å². The lowest BCUT2D eigenvalue weighted by molar-refractivity contribution is 0.0648. The number of aromatic hydroxyl groups is 2. The predicted octanol–water partition coefficient (Wildman–Crippen LogP) is 17.2. The van der Waals surface area contributed by atoms with Crippen molar-refractivity contribution in [3.8, 4) is 123 Å². The molecule has 0 heterocycles. The van der Waals surface area contributed by atoms with Gasteiger partial charge in [0.2, 0.25) is 0 Å². The number of rotatable bonds is 12. The molecule has 0 saturated carbocycles. The van der Waals surface area contributed by atoms with E-state index in [-0.39, 0.29) is 5.56 Å². The van der Waals surface area contributed by atoms with Gasteiger partial charge in [0.05, 0.1) is 5.56 Å². The molecule has 0 aliphatic heterocycles. The van der Waals surface area contributed by atoms with Crippen molar-refractivity contribution >= 4 is 11.9 Å². The Kier molecular flexibility index (Phi) is 12.5. The SMILES string of the molecule is O=C(O)c1c(-c2ccccc2-c2ccccc2-c2ccccc2-c2ccccc2-c2ccccc2-c2ccccc2-c2ccccc2-c2ccccc2-c2ccccc2-c2ccccc2)cc(O)c(O)c1C(=O)O. The Morgan fingerprint density at radius 2 is 0.419 bits per heavy atom. The van der Waals surface area contributed by atoms with E-state index in [1.807, 2.05) is 60.7 Å². The minimum Gasteiger partial charge on any atom is -0.504 e. The van der Waals surface area contributed by atoms with Crippen LogP contribution in [0.15, 0.2) is 255 Å². The molecule has 0 aliphatic rings. The number of aromatic carboxylic acids is 2. The van der Waals surface area contributed by atoms with Crippen molar-refractivity contribution in [2.24, 2.45) is 0 Å². The monoisotopic (exact) mass is 958 g/mol. The number of hydrogen-bond acceptors (Lipinski definition) is 4. The summed E-state index contributed by atoms with van der Waals surface area (Å²) in [4.78, 5) is 25.2. The molecule has 6 heteroatoms. The molecule has 0 fully saturated rings. The Labute approximate surface area is 428 Å². The van der Waals surface area contributed by atoms with Gasteiger partial charge in [-0.3, -0.25) is 0 Å². The summed E-state index contributed by atoms with van der Waals surface area (Å²) >= 11 is 0. The summed E-state index contributed by atoms with van der Waals surface area (Å²) in [5.74, 6) is -5.00. The van der Waals surface area contributed by atoms with Crippen LogP contribution >= 0.6 is 0 Å². The summed E-state index contributed by atoms with van der Waals surface area (Å²) in [5.41, 5.74) is 17.1. The first-order valence-electron chi connectivity index (χ1n) is 24.2. The molecule has 354 valence electrons. The first-order valence-corrected chi connectivity index (χ1v) is 24.2. The molecule has 0 saturated heterocycles. The van der Waals surface area contributed by atoms with Crippen molar-refractivity contribution in [3.05, 3.63) is 266 Å². The van der Waals surface area contributed by atoms with E-state index < -0.39 is 34.6 Å². The van der Waals surface area contributed by atoms with Gasteiger partial charge in [0.1, 0.15) is 5.56 Å². The van der Waals surface area contributed by atoms with Crippen LogP contribution in [0.1, 0.15) is 20.7 Å². The van der Waals surface area contributed by atoms with Gasteiger partial charge in [0, 0.05) is 5.56 Å². The lowest BCUT2D eigenvalue weighted by Crippen LogP contribution is -2.11. The third-order valence-corrected chi connectivity index (χ3v) is 13.7. The predicted molar refractivity (Wildman–Crippen MR) is 298 cm³/mol. The van der Waals surface area contributed by atoms with Gasteiger partial charge in [0.25, 0.3) is 0 Å². The largest absolute Gasteiger partial charge is 0.504 e. The van der Waals surface area contributed by atoms with E-state index in [4.69, 9.17) is 0 Å². The highest BCUT2D eigenvalue weighted by Crippen LogP contribution is 2.49. The van der Waals surface area contributed by atoms with Crippen LogP contribution in [-0.2, 0) is 0 Å². The standard InChI is InChI=1S/C68H46O6/c69-63-42-62(64(67(71)72)65(66(63)70)68(73)74)61-41-21-20-40-60(61)59-39-19-18-38-58(59)57-37-17-16-36-56(57)55-35-15-14-34-54(55)53-33-13-12-32-52(53)51-31-11-10-30-50(51)49-29-9-8-28-48(49)47-27-7-6-26-46(47)45-25-5-4-24-44(45)43-22-2-1-3-23-43/h1-42,69-70H,(H,71,72)(H,73,74). The Morgan fingerprint density at radius 1 is 0.230 bits per heavy atom. The van der Waals surface area contributed by atoms with Gasteiger partial charge in [-0.1, -0.05) is 249 Å². The molecule has 6 nitrogen and oxygen atoms in total. The molecule has 0 radical (unpaired) electrons. The summed E-state index contributed by atoms with van der Waals surface area (Å²) in [6.07, 6.45) is 0. The van der Waals surface area contributed by atoms with E-state index in [2.05, 4.69) is 176 Å². The van der Waals surface area contributed by atoms with Crippen LogP contribution in [0.3, 0.4) is 0 Å². The van der Waals surface area contributed by atoms with Crippen molar-refractivity contribution in [2.45, 2.75) is 0 Å². The average Bonchev–Trinajstić information content (AvgIpc) is 3.46. The zero-order valence-electron chi connectivity index (χ0n) is 39.9. The third kappa shape index (κ3) is 8.46. The van der Waals surface area contributed by atoms with Crippen molar-refractivity contribution in [3.63, 3.8) is 0 Å². The molecule has 0 aromatic heterocycles. The second-order valence-electron chi connectivity index (χ2n) is 17.9. The van der Waals surface area contributed by atoms with E-state index in [9.17, 15) is 30.0 Å². The number of carboxylic acids is 2. The van der Waals surface area contributed by atoms with Crippen molar-refractivity contribution in [1.29, 1.82) is 0 Å². The number of hydrogen-bond donors (Lipinski definition) is 4. The molecule has 0 bridgehead atoms. The number of benzene rings is 11. The average molecular weight is 959 g/mol. The maximum absolute atomic E-state index is 12.8. The van der Waals surface area contributed by atoms with Crippen LogP contribution < -0.4 is 0 Å². The normalized spacial score (nSPS) is 11.0. The minimum absolute atomic E-state index is 0.0497. The molecule has 0 atom stereocenters. The number of phenolic OH excluding ortho intramolecular Hbond substituents is 1. The molecule has 4 N–H and O–H groups in total. The van der Waals surface area contributed by atoms with Gasteiger partial charge < -0.3 is 20.4 Å². The molecule has 0 amide bonds. The minimum atomic E-state index is -1.68. The second kappa shape index (κ2) is 20.0. The van der Waals surface area contributed by atoms with E-state index in [1.165, 1.54) is 5.56 Å². The van der Waals surface area contributed by atoms with E-state index in [1.54, 1.807) is 12.1 Å². The third-order valence-electron chi connectivity index (χ3n) is 13.7. The van der Waals surface area contributed by atoms with Crippen LogP contribution in [0.2, 0.25) is 0 Å². The Hall–Kier alpha value is -10.0. The zero-order valence-corrected chi connectivity index (χ0v) is 39.9. The number of phenols is 2. The highest BCUT2D eigenvalue weighted by molar-refractivity contribution is 6.11. The van der Waals surface area contributed by atoms with Gasteiger partial charge in [-0.05, 0) is 112 Å². The summed E-state index contributed by atoms with van der Waals surface area (Å²) in [6.45, 7) is 0. The fourth-order valence-electron chi connectivity index (χ4n) is 10.5. The molecule has 11 rings (SSSR count). The molecular formula is C68H46O6. The first kappa shape index (κ1) is 46.3. The van der Waals surface area contributed by atoms with Gasteiger partial charge in [-0.2, -0.15) is 0 Å². The van der Waals surface area contributed by atoms with Gasteiger partial charge >= 0.3 is 11.9 Å². The Balaban J connectivity index is 1.04. The molecule has 0 aliphatic carbocycles. The number of carbonyl (C=O) groups is 2. The van der Waals surface area contributed by atoms with Gasteiger partial charge in [-0.25, -0.2) is 9.59 Å². The molecule has 74 heavy (non-hydrogen) atoms. The zero-order chi connectivity index (χ0) is 50.7. The highest BCUT2D eigenvalue weighted by Gasteiger charge is 2.29. The Morgan fingerprint density at radius 3 is 0.649 bits per heavy atom. The van der Waals surface area contributed by atoms with E-state index in [0.717, 1.165) is 95.1 Å². The van der Waals surface area contributed by atoms with Crippen LogP contribution in [0, 0.1) is 0 Å². The highest BCUT2D eigenvalue weighted by atomic mass is 16.4. The topological polar surface area (TPSA) is 115 Å². The fourth-order valence-corrected chi connectivity index (χ4v) is 10.5. The van der Waals surface area contributed by atoms with E-state index >= 15 is 0 Å². The maximum atomic E-state index is 12.8. The first-order chi connectivity index (χ1) is 36.3. The summed E-state index contributed by atoms with van der Waals surface area (Å²) in [6, 6.07) is 86.2. The summed E-state index contributed by atoms with van der Waals surface area (Å²) in [7, 11) is 0. The molecule has 0 unspecified atom stereocenters. The van der Waals surface area contributed by atoms with E-state index in [0.29, 0.717) is 11.1 Å². The van der Waals surface area contributed by atoms with Crippen molar-refractivity contribution in [2.75, 3.05) is 0 Å². The quantitative estimate of drug-likeness (QED) is 0.0907. The van der Waals surface area contributed by atoms with Gasteiger partial charge in [0.15, 0.2) is 11.5 Å². The van der Waals surface area contributed by atoms with Crippen LogP contribution in [-0.4, -0.2) is 32.4 Å². The lowest BCUT2D eigenvalue weighted by Gasteiger charge is -2.21.